The molecule has 0 spiro atoms. The van der Waals surface area contributed by atoms with Crippen LogP contribution in [0.2, 0.25) is 0 Å². The number of aryl methyl sites for hydroxylation is 1. The minimum atomic E-state index is -0.219. The van der Waals surface area contributed by atoms with Crippen molar-refractivity contribution in [3.05, 3.63) is 58.8 Å². The lowest BCUT2D eigenvalue weighted by molar-refractivity contribution is 0.196. The van der Waals surface area contributed by atoms with Gasteiger partial charge in [0.25, 0.3) is 0 Å². The average Bonchev–Trinajstić information content (AvgIpc) is 3.34. The molecule has 4 nitrogen and oxygen atoms in total. The molecule has 2 aliphatic carbocycles. The highest BCUT2D eigenvalue weighted by atomic mass is 16.5. The molecule has 3 rings (SSSR count). The fourth-order valence-corrected chi connectivity index (χ4v) is 4.57. The molecule has 0 amide bonds. The van der Waals surface area contributed by atoms with Crippen LogP contribution in [-0.4, -0.2) is 17.1 Å². The molecule has 0 heterocycles. The molecule has 2 atom stereocenters. The third-order valence-corrected chi connectivity index (χ3v) is 6.47. The van der Waals surface area contributed by atoms with Gasteiger partial charge in [0, 0.05) is 17.3 Å². The zero-order chi connectivity index (χ0) is 20.2. The third-order valence-electron chi connectivity index (χ3n) is 6.47. The molecular weight excluding hydrogens is 346 g/mol. The van der Waals surface area contributed by atoms with Crippen LogP contribution in [0.1, 0.15) is 70.4 Å². The number of nitrogens with zero attached hydrogens (tertiary/aromatic N) is 1. The summed E-state index contributed by atoms with van der Waals surface area (Å²) in [5, 5.41) is 13.4. The van der Waals surface area contributed by atoms with Crippen LogP contribution in [0.4, 0.5) is 0 Å². The van der Waals surface area contributed by atoms with E-state index in [2.05, 4.69) is 48.9 Å². The second kappa shape index (κ2) is 8.62. The van der Waals surface area contributed by atoms with E-state index in [-0.39, 0.29) is 11.2 Å². The number of nitrogens with one attached hydrogen (secondary N) is 2. The largest absolute Gasteiger partial charge is 0.291 e. The fourth-order valence-electron chi connectivity index (χ4n) is 4.57. The fraction of sp³-hybridized carbons (Fsp3) is 0.542. The summed E-state index contributed by atoms with van der Waals surface area (Å²) < 4.78 is 0. The van der Waals surface area contributed by atoms with Gasteiger partial charge in [0.2, 0.25) is 0 Å². The summed E-state index contributed by atoms with van der Waals surface area (Å²) >= 11 is 0. The summed E-state index contributed by atoms with van der Waals surface area (Å²) in [4.78, 5) is 5.03. The Balaban J connectivity index is 1.90. The number of hydrogen-bond acceptors (Lipinski definition) is 4. The number of hydroxylamine groups is 1. The molecule has 1 aromatic carbocycles. The molecule has 0 saturated heterocycles. The summed E-state index contributed by atoms with van der Waals surface area (Å²) in [6.07, 6.45) is 12.9. The second-order valence-electron chi connectivity index (χ2n) is 8.48. The lowest BCUT2D eigenvalue weighted by Gasteiger charge is -2.41. The Kier molecular flexibility index (Phi) is 6.41. The van der Waals surface area contributed by atoms with Crippen LogP contribution in [0, 0.1) is 12.8 Å². The predicted molar refractivity (Wildman–Crippen MR) is 117 cm³/mol. The van der Waals surface area contributed by atoms with Crippen molar-refractivity contribution in [2.75, 3.05) is 0 Å². The van der Waals surface area contributed by atoms with Crippen molar-refractivity contribution in [1.82, 2.24) is 10.8 Å². The molecule has 2 fully saturated rings. The second-order valence-corrected chi connectivity index (χ2v) is 8.48. The van der Waals surface area contributed by atoms with Crippen molar-refractivity contribution >= 4 is 6.21 Å². The van der Waals surface area contributed by atoms with Crippen molar-refractivity contribution in [1.29, 1.82) is 0 Å². The smallest absolute Gasteiger partial charge is 0.114 e. The highest BCUT2D eigenvalue weighted by molar-refractivity contribution is 5.84. The molecule has 3 N–H and O–H groups in total. The van der Waals surface area contributed by atoms with E-state index < -0.39 is 0 Å². The molecule has 0 aromatic heterocycles. The van der Waals surface area contributed by atoms with Gasteiger partial charge in [-0.1, -0.05) is 68.2 Å². The van der Waals surface area contributed by atoms with Gasteiger partial charge in [0.05, 0.1) is 5.70 Å². The van der Waals surface area contributed by atoms with E-state index in [1.54, 1.807) is 0 Å². The first-order chi connectivity index (χ1) is 13.5. The Morgan fingerprint density at radius 1 is 1.18 bits per heavy atom. The van der Waals surface area contributed by atoms with Gasteiger partial charge in [-0.25, -0.2) is 0 Å². The van der Waals surface area contributed by atoms with Gasteiger partial charge < -0.3 is 0 Å². The van der Waals surface area contributed by atoms with E-state index in [4.69, 9.17) is 4.99 Å². The summed E-state index contributed by atoms with van der Waals surface area (Å²) in [6.45, 7) is 8.31. The van der Waals surface area contributed by atoms with Gasteiger partial charge in [-0.05, 0) is 51.5 Å². The van der Waals surface area contributed by atoms with Crippen molar-refractivity contribution in [3.63, 3.8) is 0 Å². The third kappa shape index (κ3) is 4.23. The average molecular weight is 382 g/mol. The zero-order valence-corrected chi connectivity index (χ0v) is 17.8. The van der Waals surface area contributed by atoms with Crippen LogP contribution >= 0.6 is 0 Å². The highest BCUT2D eigenvalue weighted by Gasteiger charge is 2.55. The number of hydrogen-bond donors (Lipinski definition) is 3. The van der Waals surface area contributed by atoms with Crippen molar-refractivity contribution < 1.29 is 5.21 Å². The molecule has 0 bridgehead atoms. The van der Waals surface area contributed by atoms with Gasteiger partial charge in [-0.2, -0.15) is 0 Å². The molecule has 2 saturated carbocycles. The van der Waals surface area contributed by atoms with E-state index in [1.807, 2.05) is 32.2 Å². The topological polar surface area (TPSA) is 56.6 Å². The van der Waals surface area contributed by atoms with Crippen LogP contribution in [-0.2, 0) is 5.54 Å². The van der Waals surface area contributed by atoms with Crippen LogP contribution in [0.25, 0.3) is 0 Å². The first-order valence-corrected chi connectivity index (χ1v) is 10.6. The Morgan fingerprint density at radius 2 is 1.89 bits per heavy atom. The molecule has 1 unspecified atom stereocenters. The lowest BCUT2D eigenvalue weighted by Crippen LogP contribution is -2.50. The Bertz CT molecular complexity index is 774. The van der Waals surface area contributed by atoms with E-state index >= 15 is 0 Å². The van der Waals surface area contributed by atoms with Gasteiger partial charge in [0.15, 0.2) is 0 Å². The first-order valence-electron chi connectivity index (χ1n) is 10.6. The summed E-state index contributed by atoms with van der Waals surface area (Å²) in [7, 11) is 0. The van der Waals surface area contributed by atoms with Crippen LogP contribution in [0.15, 0.2) is 52.7 Å². The molecule has 28 heavy (non-hydrogen) atoms. The van der Waals surface area contributed by atoms with Crippen molar-refractivity contribution in [2.45, 2.75) is 77.4 Å². The summed E-state index contributed by atoms with van der Waals surface area (Å²) in [5.41, 5.74) is 6.35. The number of allylic oxidation sites excluding steroid dienone is 3. The number of benzene rings is 1. The molecule has 0 radical (unpaired) electrons. The maximum Gasteiger partial charge on any atom is 0.114 e. The Labute approximate surface area is 169 Å². The normalized spacial score (nSPS) is 27.8. The maximum atomic E-state index is 9.36. The standard InChI is InChI=1S/C24H35N3O/c1-5-20(22(6-2)26-28)17-25-24(16-19(24)4)27-23(13-8-7-9-14-23)21-12-10-11-18(3)15-21/h5-6,10-12,15,17,19,26-28H,7-9,13-14,16H2,1-4H3/b20-5+,22-6?,25-17?/t19?,24-/m0/s1. The van der Waals surface area contributed by atoms with Crippen molar-refractivity contribution in [2.24, 2.45) is 10.9 Å². The summed E-state index contributed by atoms with van der Waals surface area (Å²) in [5.74, 6) is 0.501. The molecule has 2 aliphatic rings. The van der Waals surface area contributed by atoms with E-state index in [1.165, 1.54) is 30.4 Å². The Morgan fingerprint density at radius 3 is 2.43 bits per heavy atom. The molecule has 152 valence electrons. The minimum Gasteiger partial charge on any atom is -0.291 e. The molecule has 0 aliphatic heterocycles. The zero-order valence-electron chi connectivity index (χ0n) is 17.8. The summed E-state index contributed by atoms with van der Waals surface area (Å²) in [6, 6.07) is 8.97. The van der Waals surface area contributed by atoms with Gasteiger partial charge >= 0.3 is 0 Å². The monoisotopic (exact) mass is 381 g/mol. The number of rotatable bonds is 7. The SMILES string of the molecule is CC=C(NO)/C(C=N[C@]1(NC2(c3cccc(C)c3)CCCCC2)CC1C)=C/C. The van der Waals surface area contributed by atoms with Crippen LogP contribution in [0.3, 0.4) is 0 Å². The van der Waals surface area contributed by atoms with Gasteiger partial charge in [-0.3, -0.25) is 21.0 Å². The number of aliphatic imine (C=N–C) groups is 1. The first kappa shape index (κ1) is 20.8. The van der Waals surface area contributed by atoms with E-state index in [0.29, 0.717) is 11.6 Å². The quantitative estimate of drug-likeness (QED) is 0.338. The predicted octanol–water partition coefficient (Wildman–Crippen LogP) is 5.38. The van der Waals surface area contributed by atoms with Gasteiger partial charge in [-0.15, -0.1) is 0 Å². The maximum absolute atomic E-state index is 9.36. The highest BCUT2D eigenvalue weighted by Crippen LogP contribution is 2.50. The minimum absolute atomic E-state index is 0.00111. The lowest BCUT2D eigenvalue weighted by atomic mass is 9.76. The van der Waals surface area contributed by atoms with E-state index in [9.17, 15) is 5.21 Å². The van der Waals surface area contributed by atoms with Crippen molar-refractivity contribution in [3.8, 4) is 0 Å². The molecule has 4 heteroatoms. The van der Waals surface area contributed by atoms with Gasteiger partial charge in [0.1, 0.15) is 5.66 Å². The Hall–Kier alpha value is -1.91. The van der Waals surface area contributed by atoms with Crippen LogP contribution < -0.4 is 10.8 Å². The molecular formula is C24H35N3O. The molecule has 1 aromatic rings. The van der Waals surface area contributed by atoms with E-state index in [0.717, 1.165) is 24.8 Å². The van der Waals surface area contributed by atoms with Crippen LogP contribution in [0.5, 0.6) is 0 Å².